The van der Waals surface area contributed by atoms with Gasteiger partial charge in [-0.15, -0.1) is 0 Å². The van der Waals surface area contributed by atoms with E-state index >= 15 is 0 Å². The molecule has 90 valence electrons. The minimum atomic E-state index is 0.611. The van der Waals surface area contributed by atoms with Crippen LogP contribution in [-0.2, 0) is 0 Å². The number of nitrogens with one attached hydrogen (secondary N) is 1. The molecule has 16 heavy (non-hydrogen) atoms. The predicted molar refractivity (Wildman–Crippen MR) is 74.9 cm³/mol. The van der Waals surface area contributed by atoms with Gasteiger partial charge in [-0.25, -0.2) is 0 Å². The van der Waals surface area contributed by atoms with E-state index in [4.69, 9.17) is 0 Å². The van der Waals surface area contributed by atoms with Crippen LogP contribution < -0.4 is 5.32 Å². The molecule has 0 heterocycles. The van der Waals surface area contributed by atoms with Crippen LogP contribution in [-0.4, -0.2) is 13.1 Å². The van der Waals surface area contributed by atoms with E-state index in [2.05, 4.69) is 66.3 Å². The molecular weight excluding hydrogens is 262 g/mol. The predicted octanol–water partition coefficient (Wildman–Crippen LogP) is 4.19. The maximum atomic E-state index is 3.52. The zero-order valence-electron chi connectivity index (χ0n) is 10.5. The third kappa shape index (κ3) is 4.26. The highest BCUT2D eigenvalue weighted by Crippen LogP contribution is 2.25. The first-order chi connectivity index (χ1) is 7.65. The van der Waals surface area contributed by atoms with Gasteiger partial charge in [0.05, 0.1) is 0 Å². The smallest absolute Gasteiger partial charge is 0.0175 e. The number of halogens is 1. The Morgan fingerprint density at radius 3 is 2.31 bits per heavy atom. The van der Waals surface area contributed by atoms with Gasteiger partial charge in [0.2, 0.25) is 0 Å². The van der Waals surface area contributed by atoms with E-state index < -0.39 is 0 Å². The minimum Gasteiger partial charge on any atom is -0.316 e. The van der Waals surface area contributed by atoms with Gasteiger partial charge in [0.25, 0.3) is 0 Å². The second-order valence-corrected chi connectivity index (χ2v) is 5.52. The van der Waals surface area contributed by atoms with E-state index in [1.807, 2.05) is 0 Å². The van der Waals surface area contributed by atoms with Crippen molar-refractivity contribution in [1.82, 2.24) is 5.32 Å². The average Bonchev–Trinajstić information content (AvgIpc) is 2.26. The van der Waals surface area contributed by atoms with Crippen molar-refractivity contribution < 1.29 is 0 Å². The topological polar surface area (TPSA) is 12.0 Å². The van der Waals surface area contributed by atoms with E-state index in [9.17, 15) is 0 Å². The monoisotopic (exact) mass is 283 g/mol. The maximum absolute atomic E-state index is 3.52. The van der Waals surface area contributed by atoms with Crippen LogP contribution in [0.2, 0.25) is 0 Å². The van der Waals surface area contributed by atoms with Crippen molar-refractivity contribution >= 4 is 15.9 Å². The maximum Gasteiger partial charge on any atom is 0.0175 e. The first-order valence-corrected chi connectivity index (χ1v) is 6.90. The van der Waals surface area contributed by atoms with Crippen molar-refractivity contribution in [2.24, 2.45) is 5.92 Å². The Labute approximate surface area is 108 Å². The summed E-state index contributed by atoms with van der Waals surface area (Å²) in [6.07, 6.45) is 1.20. The number of benzene rings is 1. The molecule has 0 aliphatic carbocycles. The van der Waals surface area contributed by atoms with E-state index in [0.29, 0.717) is 11.8 Å². The molecule has 1 aromatic rings. The molecule has 1 nitrogen and oxygen atoms in total. The van der Waals surface area contributed by atoms with Crippen LogP contribution in [0.4, 0.5) is 0 Å². The van der Waals surface area contributed by atoms with Crippen LogP contribution in [0.25, 0.3) is 0 Å². The Kier molecular flexibility index (Phi) is 6.07. The van der Waals surface area contributed by atoms with Crippen LogP contribution in [0.1, 0.15) is 38.7 Å². The molecule has 0 aliphatic rings. The molecule has 2 heteroatoms. The Morgan fingerprint density at radius 2 is 1.81 bits per heavy atom. The summed E-state index contributed by atoms with van der Waals surface area (Å²) in [4.78, 5) is 0. The van der Waals surface area contributed by atoms with E-state index in [1.54, 1.807) is 0 Å². The fourth-order valence-corrected chi connectivity index (χ4v) is 2.15. The van der Waals surface area contributed by atoms with Gasteiger partial charge < -0.3 is 5.32 Å². The molecule has 1 aromatic carbocycles. The zero-order valence-corrected chi connectivity index (χ0v) is 12.0. The lowest BCUT2D eigenvalue weighted by Gasteiger charge is -2.22. The molecule has 1 unspecified atom stereocenters. The largest absolute Gasteiger partial charge is 0.316 e. The van der Waals surface area contributed by atoms with Crippen molar-refractivity contribution in [2.45, 2.75) is 33.1 Å². The third-order valence-electron chi connectivity index (χ3n) is 2.89. The summed E-state index contributed by atoms with van der Waals surface area (Å²) in [5.74, 6) is 1.28. The molecular formula is C14H22BrN. The lowest BCUT2D eigenvalue weighted by atomic mass is 9.88. The Balaban J connectivity index is 2.65. The standard InChI is InChI=1S/C14H22BrN/c1-4-9-16-10-14(11(2)3)12-5-7-13(15)8-6-12/h5-8,11,14,16H,4,9-10H2,1-3H3. The first kappa shape index (κ1) is 13.7. The van der Waals surface area contributed by atoms with Gasteiger partial charge in [0.15, 0.2) is 0 Å². The summed E-state index contributed by atoms with van der Waals surface area (Å²) in [6.45, 7) is 8.98. The molecule has 0 saturated carbocycles. The number of hydrogen-bond donors (Lipinski definition) is 1. The third-order valence-corrected chi connectivity index (χ3v) is 3.42. The van der Waals surface area contributed by atoms with Gasteiger partial charge >= 0.3 is 0 Å². The lowest BCUT2D eigenvalue weighted by molar-refractivity contribution is 0.462. The van der Waals surface area contributed by atoms with Gasteiger partial charge in [-0.05, 0) is 42.5 Å². The van der Waals surface area contributed by atoms with Gasteiger partial charge in [0, 0.05) is 11.0 Å². The summed E-state index contributed by atoms with van der Waals surface area (Å²) in [5, 5.41) is 3.52. The number of rotatable bonds is 6. The second kappa shape index (κ2) is 7.08. The van der Waals surface area contributed by atoms with Gasteiger partial charge in [-0.1, -0.05) is 48.8 Å². The van der Waals surface area contributed by atoms with E-state index in [1.165, 1.54) is 12.0 Å². The molecule has 0 aromatic heterocycles. The lowest BCUT2D eigenvalue weighted by Crippen LogP contribution is -2.25. The van der Waals surface area contributed by atoms with Crippen LogP contribution in [0.15, 0.2) is 28.7 Å². The minimum absolute atomic E-state index is 0.611. The van der Waals surface area contributed by atoms with Crippen molar-refractivity contribution in [3.63, 3.8) is 0 Å². The molecule has 0 spiro atoms. The van der Waals surface area contributed by atoms with Gasteiger partial charge in [-0.3, -0.25) is 0 Å². The van der Waals surface area contributed by atoms with E-state index in [0.717, 1.165) is 17.6 Å². The molecule has 0 aliphatic heterocycles. The Hall–Kier alpha value is -0.340. The Morgan fingerprint density at radius 1 is 1.19 bits per heavy atom. The normalized spacial score (nSPS) is 13.1. The highest BCUT2D eigenvalue weighted by molar-refractivity contribution is 9.10. The van der Waals surface area contributed by atoms with Crippen LogP contribution in [0, 0.1) is 5.92 Å². The molecule has 0 saturated heterocycles. The van der Waals surface area contributed by atoms with Crippen molar-refractivity contribution in [3.05, 3.63) is 34.3 Å². The van der Waals surface area contributed by atoms with Crippen LogP contribution >= 0.6 is 15.9 Å². The quantitative estimate of drug-likeness (QED) is 0.772. The van der Waals surface area contributed by atoms with Gasteiger partial charge in [-0.2, -0.15) is 0 Å². The molecule has 0 radical (unpaired) electrons. The van der Waals surface area contributed by atoms with Crippen molar-refractivity contribution in [1.29, 1.82) is 0 Å². The summed E-state index contributed by atoms with van der Waals surface area (Å²) in [7, 11) is 0. The highest BCUT2D eigenvalue weighted by atomic mass is 79.9. The summed E-state index contributed by atoms with van der Waals surface area (Å²) in [6, 6.07) is 8.71. The highest BCUT2D eigenvalue weighted by Gasteiger charge is 2.14. The number of hydrogen-bond acceptors (Lipinski definition) is 1. The second-order valence-electron chi connectivity index (χ2n) is 4.61. The average molecular weight is 284 g/mol. The van der Waals surface area contributed by atoms with Crippen molar-refractivity contribution in [3.8, 4) is 0 Å². The summed E-state index contributed by atoms with van der Waals surface area (Å²) in [5.41, 5.74) is 1.43. The molecule has 1 rings (SSSR count). The fraction of sp³-hybridized carbons (Fsp3) is 0.571. The van der Waals surface area contributed by atoms with Crippen molar-refractivity contribution in [2.75, 3.05) is 13.1 Å². The van der Waals surface area contributed by atoms with Crippen LogP contribution in [0.5, 0.6) is 0 Å². The van der Waals surface area contributed by atoms with E-state index in [-0.39, 0.29) is 0 Å². The Bertz CT molecular complexity index is 292. The van der Waals surface area contributed by atoms with Crippen LogP contribution in [0.3, 0.4) is 0 Å². The summed E-state index contributed by atoms with van der Waals surface area (Å²) < 4.78 is 1.15. The molecule has 0 fully saturated rings. The SMILES string of the molecule is CCCNCC(c1ccc(Br)cc1)C(C)C. The fourth-order valence-electron chi connectivity index (χ4n) is 1.88. The first-order valence-electron chi connectivity index (χ1n) is 6.11. The molecule has 1 atom stereocenters. The zero-order chi connectivity index (χ0) is 12.0. The molecule has 1 N–H and O–H groups in total. The summed E-state index contributed by atoms with van der Waals surface area (Å²) >= 11 is 3.48. The van der Waals surface area contributed by atoms with Gasteiger partial charge in [0.1, 0.15) is 0 Å². The molecule has 0 bridgehead atoms. The molecule has 0 amide bonds.